The number of rotatable bonds is 7. The number of amides is 1. The molecule has 1 N–H and O–H groups in total. The standard InChI is InChI=1S/C21H23ClN4OS/c1-4-12-26-20(16-8-10-17(22)11-9-16)24-25-21(26)28-13-18(27)23-19-14(2)6-5-7-15(19)3/h5-11H,4,12-13H2,1-3H3,(H,23,27). The lowest BCUT2D eigenvalue weighted by Crippen LogP contribution is -2.16. The number of nitrogens with zero attached hydrogens (tertiary/aromatic N) is 3. The topological polar surface area (TPSA) is 59.8 Å². The SMILES string of the molecule is CCCn1c(SCC(=O)Nc2c(C)cccc2C)nnc1-c1ccc(Cl)cc1. The molecule has 3 rings (SSSR count). The lowest BCUT2D eigenvalue weighted by Gasteiger charge is -2.12. The number of halogens is 1. The third kappa shape index (κ3) is 4.75. The highest BCUT2D eigenvalue weighted by Gasteiger charge is 2.16. The van der Waals surface area contributed by atoms with E-state index in [4.69, 9.17) is 11.6 Å². The van der Waals surface area contributed by atoms with Crippen molar-refractivity contribution in [2.24, 2.45) is 0 Å². The Labute approximate surface area is 174 Å². The van der Waals surface area contributed by atoms with E-state index in [0.717, 1.165) is 46.3 Å². The number of carbonyl (C=O) groups is 1. The Bertz CT molecular complexity index is 949. The van der Waals surface area contributed by atoms with Gasteiger partial charge in [-0.3, -0.25) is 4.79 Å². The number of benzene rings is 2. The zero-order chi connectivity index (χ0) is 20.1. The van der Waals surface area contributed by atoms with E-state index in [0.29, 0.717) is 5.02 Å². The minimum Gasteiger partial charge on any atom is -0.325 e. The monoisotopic (exact) mass is 414 g/mol. The Morgan fingerprint density at radius 2 is 1.79 bits per heavy atom. The van der Waals surface area contributed by atoms with Crippen LogP contribution >= 0.6 is 23.4 Å². The first-order chi connectivity index (χ1) is 13.5. The summed E-state index contributed by atoms with van der Waals surface area (Å²) < 4.78 is 2.06. The average Bonchev–Trinajstić information content (AvgIpc) is 3.07. The van der Waals surface area contributed by atoms with Crippen molar-refractivity contribution in [1.82, 2.24) is 14.8 Å². The first-order valence-electron chi connectivity index (χ1n) is 9.17. The summed E-state index contributed by atoms with van der Waals surface area (Å²) in [5.74, 6) is 1.01. The van der Waals surface area contributed by atoms with Gasteiger partial charge in [-0.1, -0.05) is 48.5 Å². The van der Waals surface area contributed by atoms with E-state index < -0.39 is 0 Å². The number of anilines is 1. The van der Waals surface area contributed by atoms with E-state index in [1.807, 2.05) is 56.3 Å². The number of thioether (sulfide) groups is 1. The zero-order valence-electron chi connectivity index (χ0n) is 16.2. The lowest BCUT2D eigenvalue weighted by atomic mass is 10.1. The fourth-order valence-corrected chi connectivity index (χ4v) is 3.84. The number of hydrogen-bond acceptors (Lipinski definition) is 4. The van der Waals surface area contributed by atoms with E-state index >= 15 is 0 Å². The molecular formula is C21H23ClN4OS. The van der Waals surface area contributed by atoms with Gasteiger partial charge in [-0.05, 0) is 55.7 Å². The molecule has 0 fully saturated rings. The van der Waals surface area contributed by atoms with Gasteiger partial charge in [0.2, 0.25) is 5.91 Å². The van der Waals surface area contributed by atoms with Crippen LogP contribution in [0.2, 0.25) is 5.02 Å². The molecule has 5 nitrogen and oxygen atoms in total. The number of para-hydroxylation sites is 1. The van der Waals surface area contributed by atoms with Gasteiger partial charge in [-0.2, -0.15) is 0 Å². The van der Waals surface area contributed by atoms with Crippen LogP contribution < -0.4 is 5.32 Å². The van der Waals surface area contributed by atoms with Gasteiger partial charge >= 0.3 is 0 Å². The van der Waals surface area contributed by atoms with Crippen LogP contribution in [-0.2, 0) is 11.3 Å². The van der Waals surface area contributed by atoms with Crippen molar-refractivity contribution in [1.29, 1.82) is 0 Å². The quantitative estimate of drug-likeness (QED) is 0.529. The van der Waals surface area contributed by atoms with E-state index in [2.05, 4.69) is 27.0 Å². The third-order valence-corrected chi connectivity index (χ3v) is 5.56. The van der Waals surface area contributed by atoms with Gasteiger partial charge in [-0.25, -0.2) is 0 Å². The molecular weight excluding hydrogens is 392 g/mol. The Balaban J connectivity index is 1.73. The zero-order valence-corrected chi connectivity index (χ0v) is 17.8. The number of aromatic nitrogens is 3. The molecule has 1 heterocycles. The van der Waals surface area contributed by atoms with Crippen molar-refractivity contribution in [3.8, 4) is 11.4 Å². The molecule has 0 aliphatic carbocycles. The van der Waals surface area contributed by atoms with Gasteiger partial charge in [0.25, 0.3) is 0 Å². The Kier molecular flexibility index (Phi) is 6.75. The Morgan fingerprint density at radius 1 is 1.11 bits per heavy atom. The molecule has 0 radical (unpaired) electrons. The van der Waals surface area contributed by atoms with Crippen LogP contribution in [-0.4, -0.2) is 26.4 Å². The highest BCUT2D eigenvalue weighted by atomic mass is 35.5. The van der Waals surface area contributed by atoms with Gasteiger partial charge in [0.1, 0.15) is 0 Å². The minimum absolute atomic E-state index is 0.0542. The maximum absolute atomic E-state index is 12.5. The van der Waals surface area contributed by atoms with Gasteiger partial charge < -0.3 is 9.88 Å². The van der Waals surface area contributed by atoms with E-state index in [9.17, 15) is 4.79 Å². The second-order valence-electron chi connectivity index (χ2n) is 6.57. The summed E-state index contributed by atoms with van der Waals surface area (Å²) in [6.07, 6.45) is 0.945. The molecule has 0 saturated carbocycles. The molecule has 2 aromatic carbocycles. The number of nitrogens with one attached hydrogen (secondary N) is 1. The van der Waals surface area contributed by atoms with Crippen LogP contribution in [0.1, 0.15) is 24.5 Å². The molecule has 0 unspecified atom stereocenters. The molecule has 3 aromatic rings. The number of aryl methyl sites for hydroxylation is 2. The molecule has 7 heteroatoms. The normalized spacial score (nSPS) is 10.9. The maximum Gasteiger partial charge on any atom is 0.234 e. The molecule has 0 aliphatic heterocycles. The predicted octanol–water partition coefficient (Wildman–Crippen LogP) is 5.36. The maximum atomic E-state index is 12.5. The lowest BCUT2D eigenvalue weighted by molar-refractivity contribution is -0.113. The Morgan fingerprint density at radius 3 is 2.43 bits per heavy atom. The summed E-state index contributed by atoms with van der Waals surface area (Å²) in [4.78, 5) is 12.5. The number of carbonyl (C=O) groups excluding carboxylic acids is 1. The molecule has 0 bridgehead atoms. The van der Waals surface area contributed by atoms with Crippen molar-refractivity contribution in [3.05, 3.63) is 58.6 Å². The van der Waals surface area contributed by atoms with Gasteiger partial charge in [0.15, 0.2) is 11.0 Å². The highest BCUT2D eigenvalue weighted by molar-refractivity contribution is 7.99. The summed E-state index contributed by atoms with van der Waals surface area (Å²) in [6, 6.07) is 13.5. The summed E-state index contributed by atoms with van der Waals surface area (Å²) in [6.45, 7) is 6.87. The average molecular weight is 415 g/mol. The second kappa shape index (κ2) is 9.26. The van der Waals surface area contributed by atoms with Crippen molar-refractivity contribution in [3.63, 3.8) is 0 Å². The first kappa shape index (κ1) is 20.4. The van der Waals surface area contributed by atoms with Crippen molar-refractivity contribution >= 4 is 35.0 Å². The smallest absolute Gasteiger partial charge is 0.234 e. The molecule has 1 amide bonds. The van der Waals surface area contributed by atoms with E-state index in [1.165, 1.54) is 11.8 Å². The van der Waals surface area contributed by atoms with Crippen LogP contribution in [0.4, 0.5) is 5.69 Å². The van der Waals surface area contributed by atoms with Crippen molar-refractivity contribution < 1.29 is 4.79 Å². The van der Waals surface area contributed by atoms with Gasteiger partial charge in [-0.15, -0.1) is 10.2 Å². The minimum atomic E-state index is -0.0542. The molecule has 0 spiro atoms. The fourth-order valence-electron chi connectivity index (χ4n) is 2.95. The number of hydrogen-bond donors (Lipinski definition) is 1. The van der Waals surface area contributed by atoms with E-state index in [-0.39, 0.29) is 11.7 Å². The van der Waals surface area contributed by atoms with Gasteiger partial charge in [0.05, 0.1) is 5.75 Å². The summed E-state index contributed by atoms with van der Waals surface area (Å²) >= 11 is 7.38. The van der Waals surface area contributed by atoms with Crippen molar-refractivity contribution in [2.75, 3.05) is 11.1 Å². The largest absolute Gasteiger partial charge is 0.325 e. The molecule has 28 heavy (non-hydrogen) atoms. The third-order valence-electron chi connectivity index (χ3n) is 4.34. The van der Waals surface area contributed by atoms with Crippen LogP contribution in [0.5, 0.6) is 0 Å². The highest BCUT2D eigenvalue weighted by Crippen LogP contribution is 2.26. The van der Waals surface area contributed by atoms with Crippen LogP contribution in [0.3, 0.4) is 0 Å². The van der Waals surface area contributed by atoms with Crippen LogP contribution in [0.15, 0.2) is 47.6 Å². The second-order valence-corrected chi connectivity index (χ2v) is 7.95. The van der Waals surface area contributed by atoms with Gasteiger partial charge in [0, 0.05) is 22.8 Å². The van der Waals surface area contributed by atoms with Crippen molar-refractivity contribution in [2.45, 2.75) is 38.9 Å². The fraction of sp³-hybridized carbons (Fsp3) is 0.286. The van der Waals surface area contributed by atoms with E-state index in [1.54, 1.807) is 0 Å². The summed E-state index contributed by atoms with van der Waals surface area (Å²) in [5, 5.41) is 13.1. The molecule has 0 aliphatic rings. The molecule has 0 atom stereocenters. The Hall–Kier alpha value is -2.31. The summed E-state index contributed by atoms with van der Waals surface area (Å²) in [5.41, 5.74) is 3.94. The summed E-state index contributed by atoms with van der Waals surface area (Å²) in [7, 11) is 0. The first-order valence-corrected chi connectivity index (χ1v) is 10.5. The predicted molar refractivity (Wildman–Crippen MR) is 116 cm³/mol. The van der Waals surface area contributed by atoms with Crippen LogP contribution in [0.25, 0.3) is 11.4 Å². The molecule has 0 saturated heterocycles. The van der Waals surface area contributed by atoms with Crippen LogP contribution in [0, 0.1) is 13.8 Å². The molecule has 146 valence electrons. The molecule has 1 aromatic heterocycles.